The molecule has 0 aliphatic heterocycles. The normalized spacial score (nSPS) is 11.0. The lowest BCUT2D eigenvalue weighted by Crippen LogP contribution is -2.03. The lowest BCUT2D eigenvalue weighted by Gasteiger charge is -2.09. The Balaban J connectivity index is 2.14. The first kappa shape index (κ1) is 11.9. The highest BCUT2D eigenvalue weighted by Crippen LogP contribution is 2.32. The summed E-state index contributed by atoms with van der Waals surface area (Å²) in [6.45, 7) is 0. The molecule has 3 aromatic carbocycles. The molecule has 1 aromatic heterocycles. The summed E-state index contributed by atoms with van der Waals surface area (Å²) in [6.07, 6.45) is 0. The molecule has 21 heavy (non-hydrogen) atoms. The minimum atomic E-state index is -0.0739. The molecular weight excluding hydrogens is 258 g/mol. The SMILES string of the molecule is O=c1ccc2cccc(-c3cccc4ccccc34)c2[nH]1. The Hall–Kier alpha value is -2.87. The van der Waals surface area contributed by atoms with Crippen molar-refractivity contribution in [2.24, 2.45) is 0 Å². The summed E-state index contributed by atoms with van der Waals surface area (Å²) in [5.41, 5.74) is 3.01. The Morgan fingerprint density at radius 2 is 1.33 bits per heavy atom. The van der Waals surface area contributed by atoms with Crippen molar-refractivity contribution in [1.82, 2.24) is 4.98 Å². The summed E-state index contributed by atoms with van der Waals surface area (Å²) in [4.78, 5) is 14.6. The van der Waals surface area contributed by atoms with Gasteiger partial charge in [-0.2, -0.15) is 0 Å². The van der Waals surface area contributed by atoms with E-state index < -0.39 is 0 Å². The molecule has 2 heteroatoms. The third kappa shape index (κ3) is 1.93. The number of aromatic amines is 1. The van der Waals surface area contributed by atoms with Gasteiger partial charge in [0.1, 0.15) is 0 Å². The lowest BCUT2D eigenvalue weighted by molar-refractivity contribution is 1.31. The number of rotatable bonds is 1. The molecule has 0 amide bonds. The number of para-hydroxylation sites is 1. The van der Waals surface area contributed by atoms with Crippen LogP contribution < -0.4 is 5.56 Å². The van der Waals surface area contributed by atoms with Gasteiger partial charge < -0.3 is 4.98 Å². The molecule has 4 aromatic rings. The van der Waals surface area contributed by atoms with Crippen LogP contribution >= 0.6 is 0 Å². The molecule has 0 aliphatic carbocycles. The molecule has 1 N–H and O–H groups in total. The lowest BCUT2D eigenvalue weighted by atomic mass is 9.96. The summed E-state index contributed by atoms with van der Waals surface area (Å²) in [6, 6.07) is 24.1. The Morgan fingerprint density at radius 3 is 2.24 bits per heavy atom. The highest BCUT2D eigenvalue weighted by Gasteiger charge is 2.07. The molecule has 0 bridgehead atoms. The van der Waals surface area contributed by atoms with Crippen LogP contribution in [-0.4, -0.2) is 4.98 Å². The summed E-state index contributed by atoms with van der Waals surface area (Å²) >= 11 is 0. The van der Waals surface area contributed by atoms with Gasteiger partial charge in [-0.3, -0.25) is 4.79 Å². The Bertz CT molecular complexity index is 1010. The second kappa shape index (κ2) is 4.60. The molecule has 0 saturated carbocycles. The predicted molar refractivity (Wildman–Crippen MR) is 87.5 cm³/mol. The highest BCUT2D eigenvalue weighted by atomic mass is 16.1. The minimum absolute atomic E-state index is 0.0739. The van der Waals surface area contributed by atoms with Crippen molar-refractivity contribution in [2.45, 2.75) is 0 Å². The topological polar surface area (TPSA) is 32.9 Å². The molecule has 4 rings (SSSR count). The number of H-pyrrole nitrogens is 1. The summed E-state index contributed by atoms with van der Waals surface area (Å²) in [7, 11) is 0. The van der Waals surface area contributed by atoms with Crippen molar-refractivity contribution in [3.05, 3.63) is 83.2 Å². The quantitative estimate of drug-likeness (QED) is 0.548. The largest absolute Gasteiger partial charge is 0.321 e. The fourth-order valence-electron chi connectivity index (χ4n) is 2.86. The Morgan fingerprint density at radius 1 is 0.619 bits per heavy atom. The van der Waals surface area contributed by atoms with Crippen molar-refractivity contribution in [2.75, 3.05) is 0 Å². The van der Waals surface area contributed by atoms with Gasteiger partial charge in [0.25, 0.3) is 0 Å². The van der Waals surface area contributed by atoms with E-state index in [0.717, 1.165) is 22.0 Å². The molecule has 0 unspecified atom stereocenters. The summed E-state index contributed by atoms with van der Waals surface area (Å²) in [5, 5.41) is 3.43. The number of benzene rings is 3. The van der Waals surface area contributed by atoms with Crippen LogP contribution in [0.2, 0.25) is 0 Å². The van der Waals surface area contributed by atoms with E-state index in [9.17, 15) is 4.79 Å². The molecule has 0 fully saturated rings. The predicted octanol–water partition coefficient (Wildman–Crippen LogP) is 4.35. The van der Waals surface area contributed by atoms with Crippen LogP contribution in [0, 0.1) is 0 Å². The molecule has 1 heterocycles. The summed E-state index contributed by atoms with van der Waals surface area (Å²) < 4.78 is 0. The average molecular weight is 271 g/mol. The summed E-state index contributed by atoms with van der Waals surface area (Å²) in [5.74, 6) is 0. The van der Waals surface area contributed by atoms with Crippen molar-refractivity contribution >= 4 is 21.7 Å². The van der Waals surface area contributed by atoms with E-state index in [4.69, 9.17) is 0 Å². The number of nitrogens with one attached hydrogen (secondary N) is 1. The Labute approximate surface area is 121 Å². The first-order chi connectivity index (χ1) is 10.3. The number of pyridine rings is 1. The third-order valence-electron chi connectivity index (χ3n) is 3.84. The van der Waals surface area contributed by atoms with E-state index in [-0.39, 0.29) is 5.56 Å². The zero-order valence-electron chi connectivity index (χ0n) is 11.3. The maximum atomic E-state index is 11.7. The van der Waals surface area contributed by atoms with E-state index in [1.807, 2.05) is 30.3 Å². The monoisotopic (exact) mass is 271 g/mol. The van der Waals surface area contributed by atoms with E-state index in [0.29, 0.717) is 0 Å². The van der Waals surface area contributed by atoms with Crippen molar-refractivity contribution in [3.8, 4) is 11.1 Å². The highest BCUT2D eigenvalue weighted by molar-refractivity contribution is 6.03. The van der Waals surface area contributed by atoms with Crippen LogP contribution in [0.3, 0.4) is 0 Å². The second-order valence-electron chi connectivity index (χ2n) is 5.12. The van der Waals surface area contributed by atoms with Gasteiger partial charge in [-0.1, -0.05) is 60.7 Å². The van der Waals surface area contributed by atoms with Gasteiger partial charge in [0.15, 0.2) is 0 Å². The standard InChI is InChI=1S/C19H13NO/c21-18-12-11-14-7-4-10-17(19(14)20-18)16-9-3-6-13-5-1-2-8-15(13)16/h1-12H,(H,20,21). The first-order valence-electron chi connectivity index (χ1n) is 6.93. The molecule has 0 spiro atoms. The smallest absolute Gasteiger partial charge is 0.248 e. The van der Waals surface area contributed by atoms with Crippen LogP contribution in [0.15, 0.2) is 77.6 Å². The first-order valence-corrected chi connectivity index (χ1v) is 6.93. The van der Waals surface area contributed by atoms with Gasteiger partial charge in [0.05, 0.1) is 5.52 Å². The van der Waals surface area contributed by atoms with Crippen LogP contribution in [0.4, 0.5) is 0 Å². The zero-order valence-corrected chi connectivity index (χ0v) is 11.3. The average Bonchev–Trinajstić information content (AvgIpc) is 2.54. The van der Waals surface area contributed by atoms with E-state index >= 15 is 0 Å². The van der Waals surface area contributed by atoms with Gasteiger partial charge in [0, 0.05) is 11.6 Å². The van der Waals surface area contributed by atoms with E-state index in [1.54, 1.807) is 6.07 Å². The fourth-order valence-corrected chi connectivity index (χ4v) is 2.86. The molecule has 2 nitrogen and oxygen atoms in total. The van der Waals surface area contributed by atoms with Crippen LogP contribution in [0.25, 0.3) is 32.8 Å². The van der Waals surface area contributed by atoms with E-state index in [2.05, 4.69) is 41.4 Å². The number of hydrogen-bond donors (Lipinski definition) is 1. The van der Waals surface area contributed by atoms with Crippen molar-refractivity contribution < 1.29 is 0 Å². The number of hydrogen-bond acceptors (Lipinski definition) is 1. The van der Waals surface area contributed by atoms with Crippen LogP contribution in [0.5, 0.6) is 0 Å². The van der Waals surface area contributed by atoms with Gasteiger partial charge in [-0.05, 0) is 27.8 Å². The van der Waals surface area contributed by atoms with Crippen LogP contribution in [0.1, 0.15) is 0 Å². The maximum absolute atomic E-state index is 11.7. The maximum Gasteiger partial charge on any atom is 0.248 e. The number of aromatic nitrogens is 1. The van der Waals surface area contributed by atoms with Crippen molar-refractivity contribution in [1.29, 1.82) is 0 Å². The van der Waals surface area contributed by atoms with E-state index in [1.165, 1.54) is 10.8 Å². The van der Waals surface area contributed by atoms with Crippen molar-refractivity contribution in [3.63, 3.8) is 0 Å². The van der Waals surface area contributed by atoms with Gasteiger partial charge in [0.2, 0.25) is 5.56 Å². The van der Waals surface area contributed by atoms with Crippen LogP contribution in [-0.2, 0) is 0 Å². The van der Waals surface area contributed by atoms with Gasteiger partial charge in [-0.15, -0.1) is 0 Å². The molecule has 100 valence electrons. The van der Waals surface area contributed by atoms with Gasteiger partial charge >= 0.3 is 0 Å². The van der Waals surface area contributed by atoms with Gasteiger partial charge in [-0.25, -0.2) is 0 Å². The molecular formula is C19H13NO. The number of fused-ring (bicyclic) bond motifs is 2. The molecule has 0 aliphatic rings. The fraction of sp³-hybridized carbons (Fsp3) is 0. The molecule has 0 atom stereocenters. The zero-order chi connectivity index (χ0) is 14.2. The minimum Gasteiger partial charge on any atom is -0.321 e. The molecule has 0 saturated heterocycles. The Kier molecular flexibility index (Phi) is 2.61. The second-order valence-corrected chi connectivity index (χ2v) is 5.12. The molecule has 0 radical (unpaired) electrons. The third-order valence-corrected chi connectivity index (χ3v) is 3.84.